The van der Waals surface area contributed by atoms with Crippen LogP contribution in [0, 0.1) is 0 Å². The van der Waals surface area contributed by atoms with Crippen LogP contribution in [0.25, 0.3) is 0 Å². The molecular formula is C12H9Cl2NO2S2. The van der Waals surface area contributed by atoms with Gasteiger partial charge in [-0.15, -0.1) is 11.3 Å². The Bertz CT molecular complexity index is 581. The van der Waals surface area contributed by atoms with Crippen LogP contribution in [0.1, 0.15) is 11.3 Å². The molecule has 2 rings (SSSR count). The molecule has 0 aliphatic rings. The van der Waals surface area contributed by atoms with Gasteiger partial charge in [0, 0.05) is 21.2 Å². The molecule has 0 aliphatic carbocycles. The highest BCUT2D eigenvalue weighted by Crippen LogP contribution is 2.32. The fraction of sp³-hybridized carbons (Fsp3) is 0.167. The van der Waals surface area contributed by atoms with Gasteiger partial charge in [0.1, 0.15) is 4.34 Å². The van der Waals surface area contributed by atoms with Crippen molar-refractivity contribution >= 4 is 52.3 Å². The fourth-order valence-corrected chi connectivity index (χ4v) is 3.98. The molecule has 0 atom stereocenters. The zero-order valence-electron chi connectivity index (χ0n) is 9.60. The molecule has 1 aromatic carbocycles. The van der Waals surface area contributed by atoms with Crippen molar-refractivity contribution in [1.82, 2.24) is 4.98 Å². The Hall–Kier alpha value is -0.750. The van der Waals surface area contributed by atoms with Gasteiger partial charge in [-0.25, -0.2) is 4.98 Å². The molecule has 0 saturated heterocycles. The molecule has 100 valence electrons. The predicted molar refractivity (Wildman–Crippen MR) is 79.5 cm³/mol. The lowest BCUT2D eigenvalue weighted by Gasteiger charge is -2.04. The van der Waals surface area contributed by atoms with Crippen LogP contribution in [-0.2, 0) is 17.0 Å². The maximum Gasteiger partial charge on any atom is 0.309 e. The Morgan fingerprint density at radius 1 is 1.37 bits per heavy atom. The lowest BCUT2D eigenvalue weighted by Crippen LogP contribution is -1.99. The van der Waals surface area contributed by atoms with Crippen molar-refractivity contribution in [3.63, 3.8) is 0 Å². The Morgan fingerprint density at radius 3 is 2.68 bits per heavy atom. The first-order valence-corrected chi connectivity index (χ1v) is 7.90. The number of hydrogen-bond acceptors (Lipinski definition) is 4. The molecule has 1 aromatic heterocycles. The first-order valence-electron chi connectivity index (χ1n) is 5.28. The Balaban J connectivity index is 2.02. The maximum atomic E-state index is 10.6. The summed E-state index contributed by atoms with van der Waals surface area (Å²) in [5, 5.41) is 11.7. The molecular weight excluding hydrogens is 325 g/mol. The summed E-state index contributed by atoms with van der Waals surface area (Å²) in [4.78, 5) is 14.8. The van der Waals surface area contributed by atoms with Gasteiger partial charge in [-0.3, -0.25) is 4.79 Å². The van der Waals surface area contributed by atoms with Crippen LogP contribution in [0.15, 0.2) is 27.9 Å². The molecule has 0 fully saturated rings. The van der Waals surface area contributed by atoms with Gasteiger partial charge in [-0.2, -0.15) is 0 Å². The molecule has 0 bridgehead atoms. The highest BCUT2D eigenvalue weighted by molar-refractivity contribution is 8.00. The van der Waals surface area contributed by atoms with Crippen LogP contribution in [0.2, 0.25) is 10.0 Å². The molecule has 1 heterocycles. The maximum absolute atomic E-state index is 10.6. The van der Waals surface area contributed by atoms with E-state index in [2.05, 4.69) is 4.98 Å². The van der Waals surface area contributed by atoms with Gasteiger partial charge in [0.05, 0.1) is 12.1 Å². The summed E-state index contributed by atoms with van der Waals surface area (Å²) < 4.78 is 0.812. The molecule has 0 amide bonds. The Labute approximate surface area is 128 Å². The van der Waals surface area contributed by atoms with Gasteiger partial charge in [0.25, 0.3) is 0 Å². The SMILES string of the molecule is O=C(O)Cc1csc(SCc2c(Cl)cccc2Cl)n1. The Kier molecular flexibility index (Phi) is 5.10. The van der Waals surface area contributed by atoms with E-state index < -0.39 is 5.97 Å². The van der Waals surface area contributed by atoms with E-state index in [0.717, 1.165) is 9.90 Å². The molecule has 0 saturated carbocycles. The number of halogens is 2. The highest BCUT2D eigenvalue weighted by atomic mass is 35.5. The summed E-state index contributed by atoms with van der Waals surface area (Å²) in [6.45, 7) is 0. The van der Waals surface area contributed by atoms with Gasteiger partial charge < -0.3 is 5.11 Å². The number of hydrogen-bond donors (Lipinski definition) is 1. The number of carbonyl (C=O) groups is 1. The van der Waals surface area contributed by atoms with Crippen LogP contribution in [-0.4, -0.2) is 16.1 Å². The quantitative estimate of drug-likeness (QED) is 0.825. The van der Waals surface area contributed by atoms with Crippen molar-refractivity contribution in [3.8, 4) is 0 Å². The van der Waals surface area contributed by atoms with Crippen LogP contribution in [0.3, 0.4) is 0 Å². The van der Waals surface area contributed by atoms with Crippen LogP contribution >= 0.6 is 46.3 Å². The second-order valence-electron chi connectivity index (χ2n) is 3.66. The highest BCUT2D eigenvalue weighted by Gasteiger charge is 2.09. The van der Waals surface area contributed by atoms with Crippen molar-refractivity contribution in [2.75, 3.05) is 0 Å². The number of aromatic nitrogens is 1. The molecule has 1 N–H and O–H groups in total. The second kappa shape index (κ2) is 6.61. The molecule has 0 radical (unpaired) electrons. The lowest BCUT2D eigenvalue weighted by molar-refractivity contribution is -0.136. The smallest absolute Gasteiger partial charge is 0.309 e. The van der Waals surface area contributed by atoms with Crippen LogP contribution < -0.4 is 0 Å². The molecule has 0 unspecified atom stereocenters. The van der Waals surface area contributed by atoms with E-state index in [4.69, 9.17) is 28.3 Å². The van der Waals surface area contributed by atoms with Crippen molar-refractivity contribution in [1.29, 1.82) is 0 Å². The molecule has 19 heavy (non-hydrogen) atoms. The number of carboxylic acid groups (broad SMARTS) is 1. The van der Waals surface area contributed by atoms with Crippen molar-refractivity contribution in [3.05, 3.63) is 44.9 Å². The minimum atomic E-state index is -0.879. The van der Waals surface area contributed by atoms with Gasteiger partial charge >= 0.3 is 5.97 Å². The van der Waals surface area contributed by atoms with E-state index in [9.17, 15) is 4.79 Å². The predicted octanol–water partition coefficient (Wildman–Crippen LogP) is 4.37. The van der Waals surface area contributed by atoms with E-state index in [1.165, 1.54) is 23.1 Å². The molecule has 0 spiro atoms. The summed E-state index contributed by atoms with van der Waals surface area (Å²) in [7, 11) is 0. The fourth-order valence-electron chi connectivity index (χ4n) is 1.39. The number of thiazole rings is 1. The third-order valence-electron chi connectivity index (χ3n) is 2.26. The minimum Gasteiger partial charge on any atom is -0.481 e. The monoisotopic (exact) mass is 333 g/mol. The van der Waals surface area contributed by atoms with Crippen LogP contribution in [0.5, 0.6) is 0 Å². The van der Waals surface area contributed by atoms with E-state index in [-0.39, 0.29) is 6.42 Å². The van der Waals surface area contributed by atoms with Gasteiger partial charge in [0.2, 0.25) is 0 Å². The normalized spacial score (nSPS) is 10.6. The van der Waals surface area contributed by atoms with Crippen molar-refractivity contribution < 1.29 is 9.90 Å². The summed E-state index contributed by atoms with van der Waals surface area (Å²) in [5.74, 6) is -0.269. The first kappa shape index (κ1) is 14.7. The Morgan fingerprint density at radius 2 is 2.05 bits per heavy atom. The summed E-state index contributed by atoms with van der Waals surface area (Å²) in [6, 6.07) is 5.38. The minimum absolute atomic E-state index is 0.0517. The number of carboxylic acids is 1. The van der Waals surface area contributed by atoms with Gasteiger partial charge in [0.15, 0.2) is 0 Å². The number of rotatable bonds is 5. The standard InChI is InChI=1S/C12H9Cl2NO2S2/c13-9-2-1-3-10(14)8(9)6-19-12-15-7(5-18-12)4-11(16)17/h1-3,5H,4,6H2,(H,16,17). The second-order valence-corrected chi connectivity index (χ2v) is 6.56. The third-order valence-corrected chi connectivity index (χ3v) is 5.07. The molecule has 3 nitrogen and oxygen atoms in total. The third kappa shape index (κ3) is 4.11. The topological polar surface area (TPSA) is 50.2 Å². The van der Waals surface area contributed by atoms with E-state index in [0.29, 0.717) is 21.5 Å². The summed E-state index contributed by atoms with van der Waals surface area (Å²) in [5.41, 5.74) is 1.44. The number of aliphatic carboxylic acids is 1. The zero-order chi connectivity index (χ0) is 13.8. The van der Waals surface area contributed by atoms with E-state index in [1.54, 1.807) is 23.6 Å². The summed E-state index contributed by atoms with van der Waals surface area (Å²) in [6.07, 6.45) is -0.0517. The van der Waals surface area contributed by atoms with Crippen LogP contribution in [0.4, 0.5) is 0 Å². The number of benzene rings is 1. The van der Waals surface area contributed by atoms with E-state index in [1.807, 2.05) is 0 Å². The van der Waals surface area contributed by atoms with Crippen molar-refractivity contribution in [2.24, 2.45) is 0 Å². The zero-order valence-corrected chi connectivity index (χ0v) is 12.7. The first-order chi connectivity index (χ1) is 9.06. The largest absolute Gasteiger partial charge is 0.481 e. The average Bonchev–Trinajstić information content (AvgIpc) is 2.75. The lowest BCUT2D eigenvalue weighted by atomic mass is 10.2. The summed E-state index contributed by atoms with van der Waals surface area (Å²) >= 11 is 15.1. The molecule has 0 aliphatic heterocycles. The molecule has 2 aromatic rings. The molecule has 7 heteroatoms. The number of nitrogens with zero attached hydrogens (tertiary/aromatic N) is 1. The average molecular weight is 334 g/mol. The van der Waals surface area contributed by atoms with Gasteiger partial charge in [-0.1, -0.05) is 41.0 Å². The number of thioether (sulfide) groups is 1. The van der Waals surface area contributed by atoms with Gasteiger partial charge in [-0.05, 0) is 17.7 Å². The van der Waals surface area contributed by atoms with Crippen molar-refractivity contribution in [2.45, 2.75) is 16.5 Å². The van der Waals surface area contributed by atoms with E-state index >= 15 is 0 Å².